The summed E-state index contributed by atoms with van der Waals surface area (Å²) in [4.78, 5) is 9.59. The van der Waals surface area contributed by atoms with E-state index in [9.17, 15) is 0 Å². The fraction of sp³-hybridized carbons (Fsp3) is 0.500. The van der Waals surface area contributed by atoms with Crippen molar-refractivity contribution >= 4 is 11.0 Å². The van der Waals surface area contributed by atoms with Crippen molar-refractivity contribution in [1.29, 1.82) is 0 Å². The third-order valence-corrected chi connectivity index (χ3v) is 5.27. The van der Waals surface area contributed by atoms with E-state index in [4.69, 9.17) is 20.8 Å². The van der Waals surface area contributed by atoms with Gasteiger partial charge in [-0.2, -0.15) is 5.10 Å². The van der Waals surface area contributed by atoms with Gasteiger partial charge in [-0.1, -0.05) is 37.5 Å². The fourth-order valence-corrected chi connectivity index (χ4v) is 4.10. The lowest BCUT2D eigenvalue weighted by Gasteiger charge is -2.16. The smallest absolute Gasteiger partial charge is 0.167 e. The van der Waals surface area contributed by atoms with E-state index in [2.05, 4.69) is 39.8 Å². The summed E-state index contributed by atoms with van der Waals surface area (Å²) in [5, 5.41) is 5.95. The van der Waals surface area contributed by atoms with E-state index in [1.807, 2.05) is 18.5 Å². The van der Waals surface area contributed by atoms with Crippen LogP contribution in [-0.2, 0) is 0 Å². The number of nitrogens with zero attached hydrogens (tertiary/aromatic N) is 4. The van der Waals surface area contributed by atoms with Gasteiger partial charge >= 0.3 is 0 Å². The van der Waals surface area contributed by atoms with Gasteiger partial charge in [0.15, 0.2) is 5.65 Å². The van der Waals surface area contributed by atoms with Crippen LogP contribution in [0.3, 0.4) is 0 Å². The molecule has 2 N–H and O–H groups in total. The van der Waals surface area contributed by atoms with Crippen molar-refractivity contribution in [3.05, 3.63) is 46.0 Å². The summed E-state index contributed by atoms with van der Waals surface area (Å²) in [5.74, 6) is 1.02. The van der Waals surface area contributed by atoms with Gasteiger partial charge in [-0.25, -0.2) is 14.6 Å². The topological polar surface area (TPSA) is 69.6 Å². The van der Waals surface area contributed by atoms with Gasteiger partial charge in [0.25, 0.3) is 0 Å². The van der Waals surface area contributed by atoms with Crippen LogP contribution in [0.2, 0.25) is 0 Å². The molecule has 144 valence electrons. The molecule has 2 heterocycles. The van der Waals surface area contributed by atoms with Crippen molar-refractivity contribution < 1.29 is 0 Å². The first kappa shape index (κ1) is 19.5. The lowest BCUT2D eigenvalue weighted by Crippen LogP contribution is -2.15. The summed E-state index contributed by atoms with van der Waals surface area (Å²) < 4.78 is 2.00. The van der Waals surface area contributed by atoms with Crippen LogP contribution in [0.15, 0.2) is 12.1 Å². The predicted octanol–water partition coefficient (Wildman–Crippen LogP) is 4.59. The van der Waals surface area contributed by atoms with Gasteiger partial charge in [0, 0.05) is 12.5 Å². The fourth-order valence-electron chi connectivity index (χ4n) is 4.10. The molecule has 5 nitrogen and oxygen atoms in total. The van der Waals surface area contributed by atoms with Crippen molar-refractivity contribution in [1.82, 2.24) is 19.7 Å². The Hall–Kier alpha value is -2.27. The molecule has 3 aromatic rings. The second kappa shape index (κ2) is 7.77. The van der Waals surface area contributed by atoms with Crippen LogP contribution < -0.4 is 5.73 Å². The summed E-state index contributed by atoms with van der Waals surface area (Å²) in [7, 11) is 0. The average Bonchev–Trinajstić information content (AvgIpc) is 2.91. The molecule has 3 rings (SSSR count). The quantitative estimate of drug-likeness (QED) is 0.693. The molecule has 1 atom stereocenters. The molecule has 0 fully saturated rings. The number of rotatable bonds is 6. The van der Waals surface area contributed by atoms with E-state index in [1.165, 1.54) is 16.7 Å². The zero-order valence-electron chi connectivity index (χ0n) is 17.4. The van der Waals surface area contributed by atoms with E-state index in [1.54, 1.807) is 0 Å². The number of benzene rings is 1. The molecule has 0 amide bonds. The zero-order chi connectivity index (χ0) is 19.7. The molecule has 0 spiro atoms. The molecular weight excluding hydrogens is 334 g/mol. The molecular formula is C22H31N5. The van der Waals surface area contributed by atoms with Gasteiger partial charge in [-0.3, -0.25) is 0 Å². The predicted molar refractivity (Wildman–Crippen MR) is 112 cm³/mol. The lowest BCUT2D eigenvalue weighted by molar-refractivity contribution is 0.581. The Morgan fingerprint density at radius 1 is 1.04 bits per heavy atom. The third kappa shape index (κ3) is 3.61. The number of hydrogen-bond donors (Lipinski definition) is 1. The average molecular weight is 366 g/mol. The summed E-state index contributed by atoms with van der Waals surface area (Å²) in [6.07, 6.45) is 3.35. The molecule has 2 aromatic heterocycles. The third-order valence-electron chi connectivity index (χ3n) is 5.27. The van der Waals surface area contributed by atoms with Gasteiger partial charge < -0.3 is 5.73 Å². The minimum Gasteiger partial charge on any atom is -0.330 e. The van der Waals surface area contributed by atoms with Crippen LogP contribution >= 0.6 is 0 Å². The Balaban J connectivity index is 2.27. The monoisotopic (exact) mass is 365 g/mol. The maximum Gasteiger partial charge on any atom is 0.167 e. The number of aryl methyl sites for hydroxylation is 5. The molecule has 1 unspecified atom stereocenters. The van der Waals surface area contributed by atoms with E-state index in [0.717, 1.165) is 53.2 Å². The molecule has 1 aromatic carbocycles. The van der Waals surface area contributed by atoms with Gasteiger partial charge in [0.2, 0.25) is 0 Å². The van der Waals surface area contributed by atoms with E-state index >= 15 is 0 Å². The standard InChI is InChI=1S/C22H31N5/c1-7-8-9-18(12-23)20-19-16(5)26-27(22(19)25-17(6)24-20)21-14(3)10-13(2)11-15(21)4/h10-11,18H,7-9,12,23H2,1-6H3. The Bertz CT molecular complexity index is 947. The molecule has 27 heavy (non-hydrogen) atoms. The number of nitrogens with two attached hydrogens (primary N) is 1. The molecule has 5 heteroatoms. The van der Waals surface area contributed by atoms with Gasteiger partial charge in [0.1, 0.15) is 5.82 Å². The first-order valence-corrected chi connectivity index (χ1v) is 9.89. The molecule has 0 saturated carbocycles. The second-order valence-corrected chi connectivity index (χ2v) is 7.67. The van der Waals surface area contributed by atoms with Gasteiger partial charge in [0.05, 0.1) is 22.5 Å². The summed E-state index contributed by atoms with van der Waals surface area (Å²) in [5.41, 5.74) is 13.8. The minimum absolute atomic E-state index is 0.241. The second-order valence-electron chi connectivity index (χ2n) is 7.67. The van der Waals surface area contributed by atoms with Crippen LogP contribution in [0, 0.1) is 34.6 Å². The summed E-state index contributed by atoms with van der Waals surface area (Å²) >= 11 is 0. The highest BCUT2D eigenvalue weighted by atomic mass is 15.3. The molecule has 0 radical (unpaired) electrons. The van der Waals surface area contributed by atoms with Crippen molar-refractivity contribution in [2.45, 2.75) is 66.7 Å². The van der Waals surface area contributed by atoms with E-state index in [0.29, 0.717) is 6.54 Å². The van der Waals surface area contributed by atoms with E-state index in [-0.39, 0.29) is 5.92 Å². The Morgan fingerprint density at radius 2 is 1.70 bits per heavy atom. The van der Waals surface area contributed by atoms with Crippen molar-refractivity contribution in [3.63, 3.8) is 0 Å². The normalized spacial score (nSPS) is 12.7. The van der Waals surface area contributed by atoms with Crippen LogP contribution in [0.4, 0.5) is 0 Å². The maximum atomic E-state index is 6.13. The van der Waals surface area contributed by atoms with Gasteiger partial charge in [-0.05, 0) is 52.2 Å². The highest BCUT2D eigenvalue weighted by molar-refractivity contribution is 5.83. The number of unbranched alkanes of at least 4 members (excludes halogenated alkanes) is 1. The van der Waals surface area contributed by atoms with Crippen LogP contribution in [0.25, 0.3) is 16.7 Å². The van der Waals surface area contributed by atoms with Crippen molar-refractivity contribution in [2.24, 2.45) is 5.73 Å². The molecule has 0 aliphatic heterocycles. The van der Waals surface area contributed by atoms with Crippen LogP contribution in [0.5, 0.6) is 0 Å². The number of fused-ring (bicyclic) bond motifs is 1. The van der Waals surface area contributed by atoms with Crippen LogP contribution in [-0.4, -0.2) is 26.3 Å². The van der Waals surface area contributed by atoms with E-state index < -0.39 is 0 Å². The zero-order valence-corrected chi connectivity index (χ0v) is 17.4. The first-order chi connectivity index (χ1) is 12.9. The molecule has 0 bridgehead atoms. The maximum absolute atomic E-state index is 6.13. The molecule has 0 aliphatic rings. The molecule has 0 saturated heterocycles. The van der Waals surface area contributed by atoms with Crippen molar-refractivity contribution in [3.8, 4) is 5.69 Å². The van der Waals surface area contributed by atoms with Gasteiger partial charge in [-0.15, -0.1) is 0 Å². The number of aromatic nitrogens is 4. The highest BCUT2D eigenvalue weighted by Gasteiger charge is 2.22. The minimum atomic E-state index is 0.241. The largest absolute Gasteiger partial charge is 0.330 e. The SMILES string of the molecule is CCCCC(CN)c1nc(C)nc2c1c(C)nn2-c1c(C)cc(C)cc1C. The molecule has 0 aliphatic carbocycles. The summed E-state index contributed by atoms with van der Waals surface area (Å²) in [6, 6.07) is 4.40. The lowest BCUT2D eigenvalue weighted by atomic mass is 9.95. The summed E-state index contributed by atoms with van der Waals surface area (Å²) in [6.45, 7) is 13.2. The number of hydrogen-bond acceptors (Lipinski definition) is 4. The highest BCUT2D eigenvalue weighted by Crippen LogP contribution is 2.31. The van der Waals surface area contributed by atoms with Crippen LogP contribution in [0.1, 0.15) is 66.0 Å². The Kier molecular flexibility index (Phi) is 5.61. The Morgan fingerprint density at radius 3 is 2.30 bits per heavy atom. The Labute approximate surface area is 162 Å². The van der Waals surface area contributed by atoms with Crippen molar-refractivity contribution in [2.75, 3.05) is 6.54 Å². The first-order valence-electron chi connectivity index (χ1n) is 9.89.